The summed E-state index contributed by atoms with van der Waals surface area (Å²) in [6.07, 6.45) is 13.8. The van der Waals surface area contributed by atoms with E-state index in [1.807, 2.05) is 19.1 Å². The molecule has 2 heterocycles. The van der Waals surface area contributed by atoms with Gasteiger partial charge in [0, 0.05) is 31.0 Å². The monoisotopic (exact) mass is 423 g/mol. The van der Waals surface area contributed by atoms with Crippen molar-refractivity contribution in [3.05, 3.63) is 60.6 Å². The summed E-state index contributed by atoms with van der Waals surface area (Å²) in [6, 6.07) is -0.0448. The number of nitrogens with zero attached hydrogens (tertiary/aromatic N) is 1. The Balaban J connectivity index is 1.56. The van der Waals surface area contributed by atoms with Crippen molar-refractivity contribution in [1.82, 2.24) is 4.90 Å². The van der Waals surface area contributed by atoms with Crippen molar-refractivity contribution < 1.29 is 24.2 Å². The normalized spacial score (nSPS) is 40.9. The third-order valence-electron chi connectivity index (χ3n) is 7.98. The fourth-order valence-corrected chi connectivity index (χ4v) is 6.86. The molecule has 164 valence electrons. The van der Waals surface area contributed by atoms with Gasteiger partial charge in [0.1, 0.15) is 5.76 Å². The predicted octanol–water partition coefficient (Wildman–Crippen LogP) is 2.82. The zero-order chi connectivity index (χ0) is 21.8. The van der Waals surface area contributed by atoms with Gasteiger partial charge < -0.3 is 14.6 Å². The Hall–Kier alpha value is -2.44. The number of rotatable bonds is 5. The largest absolute Gasteiger partial charge is 0.482 e. The predicted molar refractivity (Wildman–Crippen MR) is 114 cm³/mol. The maximum Gasteiger partial charge on any atom is 0.336 e. The van der Waals surface area contributed by atoms with Gasteiger partial charge in [-0.25, -0.2) is 4.79 Å². The van der Waals surface area contributed by atoms with Crippen LogP contribution >= 0.6 is 0 Å². The SMILES string of the molecule is C=CCN1CCC23C4OC5=C(OC(=O)/C=C/C=C/C)C=CC(CC1C2(O)CCC4=O)C53. The van der Waals surface area contributed by atoms with E-state index < -0.39 is 23.1 Å². The first-order chi connectivity index (χ1) is 15.0. The number of aliphatic hydroxyl groups is 1. The number of carbonyl (C=O) groups excluding carboxylic acids is 2. The van der Waals surface area contributed by atoms with Gasteiger partial charge in [-0.2, -0.15) is 0 Å². The van der Waals surface area contributed by atoms with Gasteiger partial charge in [-0.3, -0.25) is 9.69 Å². The summed E-state index contributed by atoms with van der Waals surface area (Å²) in [4.78, 5) is 27.6. The van der Waals surface area contributed by atoms with Gasteiger partial charge in [-0.05, 0) is 44.7 Å². The van der Waals surface area contributed by atoms with Crippen molar-refractivity contribution in [2.45, 2.75) is 50.4 Å². The fraction of sp³-hybridized carbons (Fsp3) is 0.520. The number of ether oxygens (including phenoxy) is 2. The number of piperidine rings is 1. The number of allylic oxidation sites excluding steroid dienone is 6. The number of carbonyl (C=O) groups is 2. The van der Waals surface area contributed by atoms with Crippen LogP contribution in [0.3, 0.4) is 0 Å². The second-order valence-corrected chi connectivity index (χ2v) is 9.25. The average molecular weight is 424 g/mol. The number of hydrogen-bond acceptors (Lipinski definition) is 6. The van der Waals surface area contributed by atoms with Crippen LogP contribution in [-0.2, 0) is 19.1 Å². The zero-order valence-electron chi connectivity index (χ0n) is 17.8. The standard InChI is InChI=1S/C25H29NO5/c1-3-5-6-7-20(28)30-18-9-8-16-15-19-25(29)11-10-17(27)23-24(25,21(16)22(18)31-23)12-14-26(19)13-4-2/h3-9,16,19,21,23,29H,2,10-15H2,1H3/b5-3+,7-6+. The Kier molecular flexibility index (Phi) is 4.83. The Morgan fingerprint density at radius 3 is 3.03 bits per heavy atom. The van der Waals surface area contributed by atoms with E-state index in [1.165, 1.54) is 6.08 Å². The van der Waals surface area contributed by atoms with E-state index in [1.54, 1.807) is 18.2 Å². The summed E-state index contributed by atoms with van der Waals surface area (Å²) in [5.41, 5.74) is -1.69. The lowest BCUT2D eigenvalue weighted by molar-refractivity contribution is -0.242. The quantitative estimate of drug-likeness (QED) is 0.317. The minimum atomic E-state index is -1.01. The first-order valence-electron chi connectivity index (χ1n) is 11.2. The number of ketones is 1. The molecular formula is C25H29NO5. The van der Waals surface area contributed by atoms with E-state index in [0.29, 0.717) is 37.3 Å². The molecule has 31 heavy (non-hydrogen) atoms. The molecule has 0 radical (unpaired) electrons. The molecule has 2 saturated heterocycles. The van der Waals surface area contributed by atoms with Gasteiger partial charge in [0.25, 0.3) is 0 Å². The van der Waals surface area contributed by atoms with Crippen LogP contribution in [0.2, 0.25) is 0 Å². The minimum Gasteiger partial charge on any atom is -0.482 e. The smallest absolute Gasteiger partial charge is 0.336 e. The molecule has 2 bridgehead atoms. The van der Waals surface area contributed by atoms with Crippen LogP contribution in [0.25, 0.3) is 0 Å². The highest BCUT2D eigenvalue weighted by atomic mass is 16.6. The third-order valence-corrected chi connectivity index (χ3v) is 7.98. The van der Waals surface area contributed by atoms with E-state index in [-0.39, 0.29) is 23.7 Å². The van der Waals surface area contributed by atoms with E-state index in [4.69, 9.17) is 9.47 Å². The number of Topliss-reactive ketones (excluding diaryl/α,β-unsaturated/α-hetero) is 1. The molecule has 2 aliphatic heterocycles. The molecule has 2 saturated carbocycles. The fourth-order valence-electron chi connectivity index (χ4n) is 6.86. The van der Waals surface area contributed by atoms with Crippen molar-refractivity contribution in [2.75, 3.05) is 13.1 Å². The van der Waals surface area contributed by atoms with E-state index in [2.05, 4.69) is 17.6 Å². The lowest BCUT2D eigenvalue weighted by atomic mass is 9.44. The highest BCUT2D eigenvalue weighted by Gasteiger charge is 2.77. The highest BCUT2D eigenvalue weighted by Crippen LogP contribution is 2.69. The zero-order valence-corrected chi connectivity index (χ0v) is 17.8. The molecule has 4 fully saturated rings. The molecule has 0 aromatic rings. The molecule has 6 unspecified atom stereocenters. The van der Waals surface area contributed by atoms with Crippen LogP contribution in [-0.4, -0.2) is 52.6 Å². The molecule has 3 aliphatic carbocycles. The van der Waals surface area contributed by atoms with Crippen LogP contribution in [0.5, 0.6) is 0 Å². The van der Waals surface area contributed by atoms with Crippen molar-refractivity contribution >= 4 is 11.8 Å². The van der Waals surface area contributed by atoms with Crippen molar-refractivity contribution in [2.24, 2.45) is 17.3 Å². The van der Waals surface area contributed by atoms with Crippen LogP contribution in [0.4, 0.5) is 0 Å². The Morgan fingerprint density at radius 1 is 1.42 bits per heavy atom. The number of esters is 1. The lowest BCUT2D eigenvalue weighted by Crippen LogP contribution is -2.76. The molecule has 1 N–H and O–H groups in total. The Bertz CT molecular complexity index is 946. The molecule has 5 rings (SSSR count). The maximum absolute atomic E-state index is 13.0. The number of hydrogen-bond donors (Lipinski definition) is 1. The third kappa shape index (κ3) is 2.71. The molecule has 0 aromatic carbocycles. The molecule has 0 aromatic heterocycles. The highest BCUT2D eigenvalue weighted by molar-refractivity contribution is 5.87. The summed E-state index contributed by atoms with van der Waals surface area (Å²) in [5.74, 6) is 0.459. The summed E-state index contributed by atoms with van der Waals surface area (Å²) in [6.45, 7) is 7.25. The number of likely N-dealkylation sites (tertiary alicyclic amines) is 1. The molecular weight excluding hydrogens is 394 g/mol. The van der Waals surface area contributed by atoms with Crippen LogP contribution in [0.1, 0.15) is 32.6 Å². The molecule has 0 amide bonds. The van der Waals surface area contributed by atoms with Crippen molar-refractivity contribution in [3.63, 3.8) is 0 Å². The van der Waals surface area contributed by atoms with Crippen molar-refractivity contribution in [3.8, 4) is 0 Å². The second kappa shape index (κ2) is 7.31. The van der Waals surface area contributed by atoms with Crippen LogP contribution in [0.15, 0.2) is 60.6 Å². The van der Waals surface area contributed by atoms with Gasteiger partial charge in [0.15, 0.2) is 17.6 Å². The average Bonchev–Trinajstić information content (AvgIpc) is 3.10. The molecule has 6 heteroatoms. The van der Waals surface area contributed by atoms with E-state index in [0.717, 1.165) is 13.0 Å². The van der Waals surface area contributed by atoms with Gasteiger partial charge in [-0.1, -0.05) is 30.4 Å². The topological polar surface area (TPSA) is 76.1 Å². The first-order valence-corrected chi connectivity index (χ1v) is 11.2. The molecule has 1 spiro atoms. The Morgan fingerprint density at radius 2 is 2.26 bits per heavy atom. The summed E-state index contributed by atoms with van der Waals surface area (Å²) in [7, 11) is 0. The second-order valence-electron chi connectivity index (χ2n) is 9.25. The first kappa shape index (κ1) is 20.5. The van der Waals surface area contributed by atoms with E-state index in [9.17, 15) is 14.7 Å². The van der Waals surface area contributed by atoms with Gasteiger partial charge in [0.05, 0.1) is 11.0 Å². The summed E-state index contributed by atoms with van der Waals surface area (Å²) in [5, 5.41) is 12.1. The van der Waals surface area contributed by atoms with Gasteiger partial charge >= 0.3 is 5.97 Å². The van der Waals surface area contributed by atoms with Crippen LogP contribution in [0, 0.1) is 17.3 Å². The summed E-state index contributed by atoms with van der Waals surface area (Å²) >= 11 is 0. The van der Waals surface area contributed by atoms with Gasteiger partial charge in [0.2, 0.25) is 0 Å². The molecule has 6 atom stereocenters. The van der Waals surface area contributed by atoms with Gasteiger partial charge in [-0.15, -0.1) is 6.58 Å². The molecule has 6 nitrogen and oxygen atoms in total. The summed E-state index contributed by atoms with van der Waals surface area (Å²) < 4.78 is 11.9. The minimum absolute atomic E-state index is 0.0433. The van der Waals surface area contributed by atoms with E-state index >= 15 is 0 Å². The lowest BCUT2D eigenvalue weighted by Gasteiger charge is -2.65. The molecule has 5 aliphatic rings. The van der Waals surface area contributed by atoms with Crippen LogP contribution < -0.4 is 0 Å². The maximum atomic E-state index is 13.0. The van der Waals surface area contributed by atoms with Crippen molar-refractivity contribution in [1.29, 1.82) is 0 Å². The Labute approximate surface area is 182 Å².